The predicted molar refractivity (Wildman–Crippen MR) is 119 cm³/mol. The van der Waals surface area contributed by atoms with E-state index in [0.717, 1.165) is 55.0 Å². The molecule has 5 nitrogen and oxygen atoms in total. The van der Waals surface area contributed by atoms with Gasteiger partial charge in [-0.2, -0.15) is 0 Å². The second kappa shape index (κ2) is 9.75. The van der Waals surface area contributed by atoms with Crippen LogP contribution in [0.3, 0.4) is 0 Å². The van der Waals surface area contributed by atoms with Crippen LogP contribution in [0.2, 0.25) is 0 Å². The van der Waals surface area contributed by atoms with Crippen molar-refractivity contribution in [1.82, 2.24) is 9.80 Å². The number of hydrogen-bond donors (Lipinski definition) is 1. The first kappa shape index (κ1) is 20.4. The van der Waals surface area contributed by atoms with Crippen molar-refractivity contribution in [3.63, 3.8) is 0 Å². The van der Waals surface area contributed by atoms with Crippen LogP contribution in [0.4, 0.5) is 5.69 Å². The molecule has 28 heavy (non-hydrogen) atoms. The van der Waals surface area contributed by atoms with Crippen molar-refractivity contribution in [3.05, 3.63) is 53.6 Å². The Morgan fingerprint density at radius 2 is 1.68 bits per heavy atom. The number of benzene rings is 2. The number of ether oxygens (including phenoxy) is 2. The van der Waals surface area contributed by atoms with Gasteiger partial charge in [-0.1, -0.05) is 12.1 Å². The first-order valence-corrected chi connectivity index (χ1v) is 10.1. The maximum absolute atomic E-state index is 5.84. The number of thiocarbonyl (C=S) groups is 1. The molecule has 1 aliphatic heterocycles. The third kappa shape index (κ3) is 5.59. The number of rotatable bonds is 6. The van der Waals surface area contributed by atoms with Gasteiger partial charge in [0, 0.05) is 38.4 Å². The number of methoxy groups -OCH3 is 1. The second-order valence-electron chi connectivity index (χ2n) is 7.10. The molecule has 0 spiro atoms. The first-order valence-electron chi connectivity index (χ1n) is 9.67. The summed E-state index contributed by atoms with van der Waals surface area (Å²) in [5, 5.41) is 4.22. The summed E-state index contributed by atoms with van der Waals surface area (Å²) in [7, 11) is 1.67. The smallest absolute Gasteiger partial charge is 0.173 e. The third-order valence-corrected chi connectivity index (χ3v) is 5.39. The van der Waals surface area contributed by atoms with E-state index in [-0.39, 0.29) is 0 Å². The molecule has 0 bridgehead atoms. The molecule has 3 rings (SSSR count). The van der Waals surface area contributed by atoms with E-state index in [1.165, 1.54) is 11.1 Å². The molecule has 6 heteroatoms. The molecule has 0 saturated carbocycles. The van der Waals surface area contributed by atoms with Crippen LogP contribution in [0.1, 0.15) is 11.1 Å². The summed E-state index contributed by atoms with van der Waals surface area (Å²) in [5.74, 6) is 1.72. The molecule has 1 heterocycles. The monoisotopic (exact) mass is 399 g/mol. The predicted octanol–water partition coefficient (Wildman–Crippen LogP) is 3.71. The Morgan fingerprint density at radius 1 is 1.00 bits per heavy atom. The molecule has 150 valence electrons. The lowest BCUT2D eigenvalue weighted by Gasteiger charge is -2.36. The van der Waals surface area contributed by atoms with Crippen LogP contribution in [0.15, 0.2) is 42.5 Å². The average Bonchev–Trinajstić information content (AvgIpc) is 2.71. The first-order chi connectivity index (χ1) is 13.5. The van der Waals surface area contributed by atoms with E-state index in [0.29, 0.717) is 6.61 Å². The molecule has 1 fully saturated rings. The van der Waals surface area contributed by atoms with Crippen molar-refractivity contribution in [3.8, 4) is 11.5 Å². The van der Waals surface area contributed by atoms with Crippen LogP contribution in [0, 0.1) is 13.8 Å². The number of hydrogen-bond acceptors (Lipinski definition) is 4. The highest BCUT2D eigenvalue weighted by Gasteiger charge is 2.19. The molecule has 1 saturated heterocycles. The lowest BCUT2D eigenvalue weighted by Crippen LogP contribution is -2.50. The minimum atomic E-state index is 0.678. The van der Waals surface area contributed by atoms with Crippen molar-refractivity contribution in [1.29, 1.82) is 0 Å². The summed E-state index contributed by atoms with van der Waals surface area (Å²) in [6.45, 7) is 9.62. The number of piperazine rings is 1. The lowest BCUT2D eigenvalue weighted by molar-refractivity contribution is 0.155. The summed E-state index contributed by atoms with van der Waals surface area (Å²) in [6.07, 6.45) is 0. The Morgan fingerprint density at radius 3 is 2.36 bits per heavy atom. The van der Waals surface area contributed by atoms with E-state index in [2.05, 4.69) is 47.2 Å². The van der Waals surface area contributed by atoms with Crippen LogP contribution in [0.25, 0.3) is 0 Å². The number of aryl methyl sites for hydroxylation is 2. The molecule has 0 aromatic heterocycles. The summed E-state index contributed by atoms with van der Waals surface area (Å²) >= 11 is 5.63. The SMILES string of the molecule is COc1ccc(OCCN2CCN(C(=S)Nc3cc(C)ccc3C)CC2)cc1. The van der Waals surface area contributed by atoms with Crippen molar-refractivity contribution in [2.45, 2.75) is 13.8 Å². The van der Waals surface area contributed by atoms with Crippen LogP contribution >= 0.6 is 12.2 Å². The van der Waals surface area contributed by atoms with E-state index >= 15 is 0 Å². The molecular weight excluding hydrogens is 370 g/mol. The van der Waals surface area contributed by atoms with Gasteiger partial charge in [-0.15, -0.1) is 0 Å². The molecule has 2 aromatic rings. The summed E-state index contributed by atoms with van der Waals surface area (Å²) in [4.78, 5) is 4.67. The van der Waals surface area contributed by atoms with E-state index in [9.17, 15) is 0 Å². The Kier molecular flexibility index (Phi) is 7.12. The normalized spacial score (nSPS) is 14.6. The van der Waals surface area contributed by atoms with Gasteiger partial charge in [-0.05, 0) is 67.5 Å². The zero-order chi connectivity index (χ0) is 19.9. The number of anilines is 1. The van der Waals surface area contributed by atoms with Gasteiger partial charge in [0.1, 0.15) is 18.1 Å². The Bertz CT molecular complexity index is 787. The zero-order valence-corrected chi connectivity index (χ0v) is 17.7. The highest BCUT2D eigenvalue weighted by molar-refractivity contribution is 7.80. The van der Waals surface area contributed by atoms with Gasteiger partial charge >= 0.3 is 0 Å². The molecular formula is C22H29N3O2S. The molecule has 0 amide bonds. The molecule has 1 aliphatic rings. The van der Waals surface area contributed by atoms with E-state index in [1.807, 2.05) is 24.3 Å². The fourth-order valence-electron chi connectivity index (χ4n) is 3.20. The Labute approximate surface area is 173 Å². The maximum Gasteiger partial charge on any atom is 0.173 e. The van der Waals surface area contributed by atoms with Crippen molar-refractivity contribution in [2.24, 2.45) is 0 Å². The van der Waals surface area contributed by atoms with Gasteiger partial charge in [-0.3, -0.25) is 4.90 Å². The number of nitrogens with one attached hydrogen (secondary N) is 1. The minimum absolute atomic E-state index is 0.678. The van der Waals surface area contributed by atoms with Crippen molar-refractivity contribution in [2.75, 3.05) is 51.8 Å². The fourth-order valence-corrected chi connectivity index (χ4v) is 3.50. The zero-order valence-electron chi connectivity index (χ0n) is 16.9. The van der Waals surface area contributed by atoms with Gasteiger partial charge in [0.15, 0.2) is 5.11 Å². The highest BCUT2D eigenvalue weighted by Crippen LogP contribution is 2.18. The Balaban J connectivity index is 1.40. The van der Waals surface area contributed by atoms with Crippen molar-refractivity contribution >= 4 is 23.0 Å². The van der Waals surface area contributed by atoms with E-state index in [1.54, 1.807) is 7.11 Å². The fraction of sp³-hybridized carbons (Fsp3) is 0.409. The second-order valence-corrected chi connectivity index (χ2v) is 7.49. The maximum atomic E-state index is 5.84. The van der Waals surface area contributed by atoms with Gasteiger partial charge in [0.2, 0.25) is 0 Å². The van der Waals surface area contributed by atoms with Gasteiger partial charge in [0.05, 0.1) is 7.11 Å². The van der Waals surface area contributed by atoms with Crippen LogP contribution in [-0.2, 0) is 0 Å². The molecule has 1 N–H and O–H groups in total. The third-order valence-electron chi connectivity index (χ3n) is 5.03. The van der Waals surface area contributed by atoms with Gasteiger partial charge < -0.3 is 19.7 Å². The van der Waals surface area contributed by atoms with Gasteiger partial charge in [0.25, 0.3) is 0 Å². The van der Waals surface area contributed by atoms with Gasteiger partial charge in [-0.25, -0.2) is 0 Å². The molecule has 0 unspecified atom stereocenters. The Hall–Kier alpha value is -2.31. The summed E-state index contributed by atoms with van der Waals surface area (Å²) < 4.78 is 11.0. The molecule has 0 radical (unpaired) electrons. The molecule has 2 aromatic carbocycles. The minimum Gasteiger partial charge on any atom is -0.497 e. The largest absolute Gasteiger partial charge is 0.497 e. The summed E-state index contributed by atoms with van der Waals surface area (Å²) in [6, 6.07) is 14.1. The molecule has 0 aliphatic carbocycles. The summed E-state index contributed by atoms with van der Waals surface area (Å²) in [5.41, 5.74) is 3.54. The molecule has 0 atom stereocenters. The average molecular weight is 400 g/mol. The highest BCUT2D eigenvalue weighted by atomic mass is 32.1. The topological polar surface area (TPSA) is 37.0 Å². The van der Waals surface area contributed by atoms with Crippen LogP contribution in [-0.4, -0.2) is 61.4 Å². The van der Waals surface area contributed by atoms with Crippen LogP contribution < -0.4 is 14.8 Å². The van der Waals surface area contributed by atoms with Crippen molar-refractivity contribution < 1.29 is 9.47 Å². The lowest BCUT2D eigenvalue weighted by atomic mass is 10.1. The number of nitrogens with zero attached hydrogens (tertiary/aromatic N) is 2. The van der Waals surface area contributed by atoms with E-state index in [4.69, 9.17) is 21.7 Å². The standard InChI is InChI=1S/C22H29N3O2S/c1-17-4-5-18(2)21(16-17)23-22(28)25-12-10-24(11-13-25)14-15-27-20-8-6-19(26-3)7-9-20/h4-9,16H,10-15H2,1-3H3,(H,23,28). The van der Waals surface area contributed by atoms with E-state index < -0.39 is 0 Å². The quantitative estimate of drug-likeness (QED) is 0.747. The van der Waals surface area contributed by atoms with Crippen LogP contribution in [0.5, 0.6) is 11.5 Å².